The molecule has 1 N–H and O–H groups in total. The Morgan fingerprint density at radius 3 is 2.59 bits per heavy atom. The maximum absolute atomic E-state index is 4.23. The van der Waals surface area contributed by atoms with Crippen molar-refractivity contribution in [2.24, 2.45) is 0 Å². The van der Waals surface area contributed by atoms with Crippen LogP contribution in [0.3, 0.4) is 0 Å². The lowest BCUT2D eigenvalue weighted by Crippen LogP contribution is -2.16. The van der Waals surface area contributed by atoms with Crippen LogP contribution < -0.4 is 5.32 Å². The SMILES string of the molecule is c1ccc(C2NCCC2c2cccnc2)cc1. The van der Waals surface area contributed by atoms with E-state index in [9.17, 15) is 0 Å². The first-order valence-corrected chi connectivity index (χ1v) is 6.13. The highest BCUT2D eigenvalue weighted by molar-refractivity contribution is 5.28. The van der Waals surface area contributed by atoms with Crippen LogP contribution in [0.25, 0.3) is 0 Å². The Balaban J connectivity index is 1.91. The molecule has 0 amide bonds. The van der Waals surface area contributed by atoms with Gasteiger partial charge in [-0.2, -0.15) is 0 Å². The van der Waals surface area contributed by atoms with Gasteiger partial charge in [0, 0.05) is 24.4 Å². The second-order valence-electron chi connectivity index (χ2n) is 4.52. The van der Waals surface area contributed by atoms with Gasteiger partial charge >= 0.3 is 0 Å². The summed E-state index contributed by atoms with van der Waals surface area (Å²) in [5.41, 5.74) is 2.71. The van der Waals surface area contributed by atoms with Crippen LogP contribution in [0.4, 0.5) is 0 Å². The maximum atomic E-state index is 4.23. The highest BCUT2D eigenvalue weighted by Crippen LogP contribution is 2.36. The third-order valence-electron chi connectivity index (χ3n) is 3.49. The summed E-state index contributed by atoms with van der Waals surface area (Å²) in [5, 5.41) is 3.59. The van der Waals surface area contributed by atoms with E-state index in [1.165, 1.54) is 17.5 Å². The molecule has 1 fully saturated rings. The Labute approximate surface area is 102 Å². The molecule has 2 heteroatoms. The Morgan fingerprint density at radius 1 is 1.00 bits per heavy atom. The third kappa shape index (κ3) is 2.08. The van der Waals surface area contributed by atoms with E-state index < -0.39 is 0 Å². The Morgan fingerprint density at radius 2 is 1.82 bits per heavy atom. The van der Waals surface area contributed by atoms with Gasteiger partial charge in [-0.1, -0.05) is 36.4 Å². The molecule has 1 aliphatic heterocycles. The molecule has 2 atom stereocenters. The zero-order valence-electron chi connectivity index (χ0n) is 9.71. The van der Waals surface area contributed by atoms with E-state index in [1.54, 1.807) is 0 Å². The standard InChI is InChI=1S/C15H16N2/c1-2-5-12(6-3-1)15-14(8-10-17-15)13-7-4-9-16-11-13/h1-7,9,11,14-15,17H,8,10H2. The average Bonchev–Trinajstić information content (AvgIpc) is 2.90. The molecule has 1 saturated heterocycles. The molecule has 0 aliphatic carbocycles. The minimum absolute atomic E-state index is 0.431. The fraction of sp³-hybridized carbons (Fsp3) is 0.267. The molecule has 3 rings (SSSR count). The zero-order chi connectivity index (χ0) is 11.5. The summed E-state index contributed by atoms with van der Waals surface area (Å²) in [6, 6.07) is 15.3. The van der Waals surface area contributed by atoms with Crippen LogP contribution in [0, 0.1) is 0 Å². The predicted molar refractivity (Wildman–Crippen MR) is 68.8 cm³/mol. The van der Waals surface area contributed by atoms with Gasteiger partial charge in [0.2, 0.25) is 0 Å². The highest BCUT2D eigenvalue weighted by Gasteiger charge is 2.29. The zero-order valence-corrected chi connectivity index (χ0v) is 9.71. The molecular weight excluding hydrogens is 208 g/mol. The first-order chi connectivity index (χ1) is 8.45. The Hall–Kier alpha value is -1.67. The number of nitrogens with zero attached hydrogens (tertiary/aromatic N) is 1. The smallest absolute Gasteiger partial charge is 0.0390 e. The van der Waals surface area contributed by atoms with E-state index in [0.29, 0.717) is 12.0 Å². The van der Waals surface area contributed by atoms with Crippen LogP contribution >= 0.6 is 0 Å². The van der Waals surface area contributed by atoms with Gasteiger partial charge in [-0.15, -0.1) is 0 Å². The summed E-state index contributed by atoms with van der Waals surface area (Å²) in [7, 11) is 0. The van der Waals surface area contributed by atoms with Crippen molar-refractivity contribution in [1.29, 1.82) is 0 Å². The largest absolute Gasteiger partial charge is 0.309 e. The van der Waals surface area contributed by atoms with E-state index in [0.717, 1.165) is 6.54 Å². The van der Waals surface area contributed by atoms with Crippen molar-refractivity contribution in [2.75, 3.05) is 6.54 Å². The monoisotopic (exact) mass is 224 g/mol. The van der Waals surface area contributed by atoms with Gasteiger partial charge in [-0.05, 0) is 30.2 Å². The molecule has 2 nitrogen and oxygen atoms in total. The van der Waals surface area contributed by atoms with Gasteiger partial charge in [-0.3, -0.25) is 4.98 Å². The van der Waals surface area contributed by atoms with Crippen LogP contribution in [0.2, 0.25) is 0 Å². The predicted octanol–water partition coefficient (Wildman–Crippen LogP) is 2.90. The van der Waals surface area contributed by atoms with Crippen molar-refractivity contribution in [1.82, 2.24) is 10.3 Å². The molecule has 1 aliphatic rings. The van der Waals surface area contributed by atoms with Crippen LogP contribution in [-0.4, -0.2) is 11.5 Å². The topological polar surface area (TPSA) is 24.9 Å². The summed E-state index contributed by atoms with van der Waals surface area (Å²) in [4.78, 5) is 4.23. The molecule has 2 aromatic rings. The fourth-order valence-electron chi connectivity index (χ4n) is 2.67. The number of benzene rings is 1. The number of rotatable bonds is 2. The van der Waals surface area contributed by atoms with E-state index in [-0.39, 0.29) is 0 Å². The van der Waals surface area contributed by atoms with Crippen LogP contribution in [-0.2, 0) is 0 Å². The molecule has 0 spiro atoms. The van der Waals surface area contributed by atoms with E-state index >= 15 is 0 Å². The number of nitrogens with one attached hydrogen (secondary N) is 1. The summed E-state index contributed by atoms with van der Waals surface area (Å²) >= 11 is 0. The molecule has 17 heavy (non-hydrogen) atoms. The first-order valence-electron chi connectivity index (χ1n) is 6.13. The Kier molecular flexibility index (Phi) is 2.88. The minimum Gasteiger partial charge on any atom is -0.309 e. The molecule has 86 valence electrons. The quantitative estimate of drug-likeness (QED) is 0.848. The van der Waals surface area contributed by atoms with Crippen LogP contribution in [0.5, 0.6) is 0 Å². The molecule has 1 aromatic heterocycles. The summed E-state index contributed by atoms with van der Waals surface area (Å²) < 4.78 is 0. The first kappa shape index (κ1) is 10.5. The van der Waals surface area contributed by atoms with Gasteiger partial charge < -0.3 is 5.32 Å². The molecule has 2 unspecified atom stereocenters. The Bertz CT molecular complexity index is 421. The second kappa shape index (κ2) is 4.68. The van der Waals surface area contributed by atoms with Crippen molar-refractivity contribution in [3.8, 4) is 0 Å². The number of aromatic nitrogens is 1. The van der Waals surface area contributed by atoms with Crippen LogP contribution in [0.15, 0.2) is 54.9 Å². The lowest BCUT2D eigenvalue weighted by Gasteiger charge is -2.20. The minimum atomic E-state index is 0.431. The average molecular weight is 224 g/mol. The molecule has 0 radical (unpaired) electrons. The molecular formula is C15H16N2. The molecule has 0 bridgehead atoms. The number of hydrogen-bond acceptors (Lipinski definition) is 2. The van der Waals surface area contributed by atoms with Gasteiger partial charge in [0.25, 0.3) is 0 Å². The second-order valence-corrected chi connectivity index (χ2v) is 4.52. The third-order valence-corrected chi connectivity index (χ3v) is 3.49. The van der Waals surface area contributed by atoms with E-state index in [1.807, 2.05) is 18.5 Å². The van der Waals surface area contributed by atoms with Crippen molar-refractivity contribution in [3.63, 3.8) is 0 Å². The van der Waals surface area contributed by atoms with Gasteiger partial charge in [0.15, 0.2) is 0 Å². The van der Waals surface area contributed by atoms with Crippen molar-refractivity contribution < 1.29 is 0 Å². The normalized spacial score (nSPS) is 23.8. The summed E-state index contributed by atoms with van der Waals surface area (Å²) in [6.45, 7) is 1.08. The number of pyridine rings is 1. The molecule has 2 heterocycles. The van der Waals surface area contributed by atoms with Crippen molar-refractivity contribution in [2.45, 2.75) is 18.4 Å². The van der Waals surface area contributed by atoms with Gasteiger partial charge in [-0.25, -0.2) is 0 Å². The molecule has 0 saturated carbocycles. The lowest BCUT2D eigenvalue weighted by molar-refractivity contribution is 0.576. The van der Waals surface area contributed by atoms with Gasteiger partial charge in [0.1, 0.15) is 0 Å². The number of hydrogen-bond donors (Lipinski definition) is 1. The maximum Gasteiger partial charge on any atom is 0.0390 e. The van der Waals surface area contributed by atoms with Crippen molar-refractivity contribution in [3.05, 3.63) is 66.0 Å². The van der Waals surface area contributed by atoms with E-state index in [2.05, 4.69) is 46.7 Å². The van der Waals surface area contributed by atoms with Gasteiger partial charge in [0.05, 0.1) is 0 Å². The fourth-order valence-corrected chi connectivity index (χ4v) is 2.67. The van der Waals surface area contributed by atoms with Crippen molar-refractivity contribution >= 4 is 0 Å². The van der Waals surface area contributed by atoms with Crippen LogP contribution in [0.1, 0.15) is 29.5 Å². The summed E-state index contributed by atoms with van der Waals surface area (Å²) in [5.74, 6) is 0.547. The highest BCUT2D eigenvalue weighted by atomic mass is 15.0. The van der Waals surface area contributed by atoms with E-state index in [4.69, 9.17) is 0 Å². The molecule has 1 aromatic carbocycles. The lowest BCUT2D eigenvalue weighted by atomic mass is 9.89. The summed E-state index contributed by atoms with van der Waals surface area (Å²) in [6.07, 6.45) is 5.02.